The zero-order valence-corrected chi connectivity index (χ0v) is 21.3. The molecule has 12 heteroatoms. The van der Waals surface area contributed by atoms with Crippen LogP contribution in [-0.4, -0.2) is 43.0 Å². The van der Waals surface area contributed by atoms with E-state index in [1.807, 2.05) is 0 Å². The van der Waals surface area contributed by atoms with Crippen LogP contribution in [-0.2, 0) is 14.3 Å². The van der Waals surface area contributed by atoms with Crippen LogP contribution < -0.4 is 15.5 Å². The molecule has 1 aromatic heterocycles. The molecule has 0 fully saturated rings. The third-order valence-electron chi connectivity index (χ3n) is 6.25. The van der Waals surface area contributed by atoms with Crippen LogP contribution in [0.4, 0.5) is 14.9 Å². The molecule has 5 rings (SSSR count). The van der Waals surface area contributed by atoms with Crippen molar-refractivity contribution in [1.29, 1.82) is 0 Å². The van der Waals surface area contributed by atoms with Crippen molar-refractivity contribution in [3.05, 3.63) is 99.9 Å². The predicted octanol–water partition coefficient (Wildman–Crippen LogP) is 3.56. The SMILES string of the molecule is CCOC(=O)C1=C(COC(=O)c2ccc3c(c2)C(=O)N(c2ccc(F)cc2)C3=O)NC(=O)NC1c1ccc(C)o1. The maximum Gasteiger partial charge on any atom is 0.338 e. The number of amides is 4. The lowest BCUT2D eigenvalue weighted by atomic mass is 10.0. The lowest BCUT2D eigenvalue weighted by molar-refractivity contribution is -0.139. The number of furan rings is 1. The van der Waals surface area contributed by atoms with Gasteiger partial charge >= 0.3 is 18.0 Å². The normalized spacial score (nSPS) is 16.4. The van der Waals surface area contributed by atoms with Gasteiger partial charge in [0, 0.05) is 0 Å². The van der Waals surface area contributed by atoms with Crippen LogP contribution in [0.15, 0.2) is 70.3 Å². The number of urea groups is 1. The number of aryl methyl sites for hydroxylation is 1. The van der Waals surface area contributed by atoms with Crippen molar-refractivity contribution in [3.8, 4) is 0 Å². The van der Waals surface area contributed by atoms with Gasteiger partial charge in [-0.15, -0.1) is 0 Å². The second-order valence-corrected chi connectivity index (χ2v) is 8.85. The first-order valence-corrected chi connectivity index (χ1v) is 12.2. The van der Waals surface area contributed by atoms with Crippen LogP contribution in [0.2, 0.25) is 0 Å². The molecule has 11 nitrogen and oxygen atoms in total. The van der Waals surface area contributed by atoms with Crippen LogP contribution in [0, 0.1) is 12.7 Å². The van der Waals surface area contributed by atoms with Crippen LogP contribution in [0.1, 0.15) is 55.6 Å². The van der Waals surface area contributed by atoms with Crippen molar-refractivity contribution < 1.29 is 42.3 Å². The monoisotopic (exact) mass is 547 g/mol. The molecule has 2 N–H and O–H groups in total. The van der Waals surface area contributed by atoms with E-state index in [0.29, 0.717) is 5.76 Å². The molecule has 0 aliphatic carbocycles. The highest BCUT2D eigenvalue weighted by Gasteiger charge is 2.38. The smallest absolute Gasteiger partial charge is 0.338 e. The summed E-state index contributed by atoms with van der Waals surface area (Å²) in [4.78, 5) is 64.9. The summed E-state index contributed by atoms with van der Waals surface area (Å²) in [6.07, 6.45) is 0. The Labute approximate surface area is 226 Å². The second-order valence-electron chi connectivity index (χ2n) is 8.85. The van der Waals surface area contributed by atoms with Gasteiger partial charge in [-0.05, 0) is 68.4 Å². The summed E-state index contributed by atoms with van der Waals surface area (Å²) in [5.74, 6) is -2.61. The first-order chi connectivity index (χ1) is 19.2. The van der Waals surface area contributed by atoms with E-state index in [0.717, 1.165) is 17.0 Å². The molecule has 0 saturated heterocycles. The number of hydrogen-bond donors (Lipinski definition) is 2. The van der Waals surface area contributed by atoms with Gasteiger partial charge in [-0.25, -0.2) is 23.7 Å². The lowest BCUT2D eigenvalue weighted by Crippen LogP contribution is -2.47. The van der Waals surface area contributed by atoms with E-state index in [1.54, 1.807) is 26.0 Å². The molecule has 3 aromatic rings. The van der Waals surface area contributed by atoms with Gasteiger partial charge in [0.25, 0.3) is 11.8 Å². The molecular formula is C28H22FN3O8. The lowest BCUT2D eigenvalue weighted by Gasteiger charge is -2.27. The zero-order chi connectivity index (χ0) is 28.6. The van der Waals surface area contributed by atoms with E-state index in [1.165, 1.54) is 30.3 Å². The summed E-state index contributed by atoms with van der Waals surface area (Å²) in [6.45, 7) is 2.87. The Morgan fingerprint density at radius 2 is 1.68 bits per heavy atom. The maximum absolute atomic E-state index is 13.3. The molecule has 204 valence electrons. The quantitative estimate of drug-likeness (QED) is 0.338. The minimum absolute atomic E-state index is 0.00623. The minimum Gasteiger partial charge on any atom is -0.464 e. The summed E-state index contributed by atoms with van der Waals surface area (Å²) in [5.41, 5.74) is 0.160. The molecule has 40 heavy (non-hydrogen) atoms. The fraction of sp³-hybridized carbons (Fsp3) is 0.179. The molecule has 0 bridgehead atoms. The van der Waals surface area contributed by atoms with E-state index >= 15 is 0 Å². The van der Waals surface area contributed by atoms with Crippen LogP contribution in [0.5, 0.6) is 0 Å². The molecule has 1 unspecified atom stereocenters. The predicted molar refractivity (Wildman–Crippen MR) is 136 cm³/mol. The van der Waals surface area contributed by atoms with Gasteiger partial charge in [0.15, 0.2) is 0 Å². The summed E-state index contributed by atoms with van der Waals surface area (Å²) < 4.78 is 29.5. The van der Waals surface area contributed by atoms with Crippen molar-refractivity contribution in [2.75, 3.05) is 18.1 Å². The van der Waals surface area contributed by atoms with Crippen molar-refractivity contribution in [2.45, 2.75) is 19.9 Å². The Kier molecular flexibility index (Phi) is 6.91. The minimum atomic E-state index is -0.990. The maximum atomic E-state index is 13.3. The van der Waals surface area contributed by atoms with E-state index < -0.39 is 48.3 Å². The molecule has 0 saturated carbocycles. The zero-order valence-electron chi connectivity index (χ0n) is 21.3. The van der Waals surface area contributed by atoms with Crippen molar-refractivity contribution in [2.24, 2.45) is 0 Å². The van der Waals surface area contributed by atoms with Gasteiger partial charge < -0.3 is 24.5 Å². The largest absolute Gasteiger partial charge is 0.464 e. The third-order valence-corrected chi connectivity index (χ3v) is 6.25. The number of ether oxygens (including phenoxy) is 2. The summed E-state index contributed by atoms with van der Waals surface area (Å²) in [7, 11) is 0. The standard InChI is InChI=1S/C28H22FN3O8/c1-3-38-27(36)22-20(30-28(37)31-23(22)21-11-4-14(2)40-21)13-39-26(35)15-5-10-18-19(12-15)25(34)32(24(18)33)17-8-6-16(29)7-9-17/h4-12,23H,3,13H2,1-2H3,(H2,30,31,37). The number of hydrogen-bond acceptors (Lipinski definition) is 8. The number of carbonyl (C=O) groups is 5. The third kappa shape index (κ3) is 4.82. The fourth-order valence-corrected chi connectivity index (χ4v) is 4.42. The number of nitrogens with one attached hydrogen (secondary N) is 2. The number of esters is 2. The van der Waals surface area contributed by atoms with Crippen molar-refractivity contribution in [1.82, 2.24) is 10.6 Å². The molecule has 0 radical (unpaired) electrons. The van der Waals surface area contributed by atoms with Crippen LogP contribution in [0.25, 0.3) is 0 Å². The molecule has 1 atom stereocenters. The number of nitrogens with zero attached hydrogens (tertiary/aromatic N) is 1. The molecule has 2 aliphatic rings. The molecule has 4 amide bonds. The topological polar surface area (TPSA) is 144 Å². The van der Waals surface area contributed by atoms with Gasteiger partial charge in [-0.3, -0.25) is 9.59 Å². The van der Waals surface area contributed by atoms with Gasteiger partial charge in [-0.2, -0.15) is 0 Å². The van der Waals surface area contributed by atoms with Gasteiger partial charge in [0.2, 0.25) is 0 Å². The molecule has 2 aromatic carbocycles. The number of benzene rings is 2. The highest BCUT2D eigenvalue weighted by atomic mass is 19.1. The van der Waals surface area contributed by atoms with E-state index in [-0.39, 0.29) is 46.0 Å². The fourth-order valence-electron chi connectivity index (χ4n) is 4.42. The molecular weight excluding hydrogens is 525 g/mol. The van der Waals surface area contributed by atoms with Crippen LogP contribution >= 0.6 is 0 Å². The molecule has 3 heterocycles. The number of halogens is 1. The second kappa shape index (κ2) is 10.5. The van der Waals surface area contributed by atoms with E-state index in [2.05, 4.69) is 10.6 Å². The molecule has 0 spiro atoms. The summed E-state index contributed by atoms with van der Waals surface area (Å²) in [6, 6.07) is 10.3. The summed E-state index contributed by atoms with van der Waals surface area (Å²) in [5, 5.41) is 5.08. The number of imide groups is 1. The molecule has 2 aliphatic heterocycles. The summed E-state index contributed by atoms with van der Waals surface area (Å²) >= 11 is 0. The number of rotatable bonds is 7. The van der Waals surface area contributed by atoms with Crippen LogP contribution in [0.3, 0.4) is 0 Å². The average molecular weight is 547 g/mol. The van der Waals surface area contributed by atoms with Gasteiger partial charge in [-0.1, -0.05) is 0 Å². The Morgan fingerprint density at radius 1 is 0.950 bits per heavy atom. The highest BCUT2D eigenvalue weighted by molar-refractivity contribution is 6.34. The number of fused-ring (bicyclic) bond motifs is 1. The van der Waals surface area contributed by atoms with Gasteiger partial charge in [0.1, 0.15) is 30.0 Å². The van der Waals surface area contributed by atoms with E-state index in [9.17, 15) is 28.4 Å². The van der Waals surface area contributed by atoms with Gasteiger partial charge in [0.05, 0.1) is 40.3 Å². The Hall–Kier alpha value is -5.26. The first-order valence-electron chi connectivity index (χ1n) is 12.2. The Bertz CT molecular complexity index is 1590. The van der Waals surface area contributed by atoms with Crippen molar-refractivity contribution in [3.63, 3.8) is 0 Å². The van der Waals surface area contributed by atoms with Crippen molar-refractivity contribution >= 4 is 35.5 Å². The highest BCUT2D eigenvalue weighted by Crippen LogP contribution is 2.31. The first kappa shape index (κ1) is 26.4. The average Bonchev–Trinajstić information content (AvgIpc) is 3.47. The Balaban J connectivity index is 1.39. The Morgan fingerprint density at radius 3 is 2.35 bits per heavy atom. The number of carbonyl (C=O) groups excluding carboxylic acids is 5. The van der Waals surface area contributed by atoms with E-state index in [4.69, 9.17) is 13.9 Å². The number of anilines is 1.